The summed E-state index contributed by atoms with van der Waals surface area (Å²) in [6.07, 6.45) is 3.25. The Hall–Kier alpha value is -2.61. The number of rotatable bonds is 6. The van der Waals surface area contributed by atoms with Gasteiger partial charge in [-0.15, -0.1) is 0 Å². The zero-order chi connectivity index (χ0) is 20.2. The molecule has 1 N–H and O–H groups in total. The van der Waals surface area contributed by atoms with Gasteiger partial charge in [0, 0.05) is 43.8 Å². The minimum absolute atomic E-state index is 0.0522. The molecule has 0 atom stereocenters. The Bertz CT molecular complexity index is 816. The molecule has 0 radical (unpaired) electrons. The Morgan fingerprint density at radius 3 is 2.72 bits per heavy atom. The maximum atomic E-state index is 12.6. The summed E-state index contributed by atoms with van der Waals surface area (Å²) in [5.74, 6) is 2.41. The highest BCUT2D eigenvalue weighted by Gasteiger charge is 2.29. The molecule has 1 saturated heterocycles. The van der Waals surface area contributed by atoms with Crippen molar-refractivity contribution in [3.8, 4) is 5.75 Å². The van der Waals surface area contributed by atoms with Gasteiger partial charge in [-0.3, -0.25) is 4.90 Å². The second-order valence-electron chi connectivity index (χ2n) is 8.04. The molecule has 1 saturated carbocycles. The second-order valence-corrected chi connectivity index (χ2v) is 8.04. The summed E-state index contributed by atoms with van der Waals surface area (Å²) in [5, 5.41) is 6.93. The molecule has 2 aliphatic rings. The summed E-state index contributed by atoms with van der Waals surface area (Å²) in [5.41, 5.74) is 0.753. The predicted molar refractivity (Wildman–Crippen MR) is 109 cm³/mol. The predicted octanol–water partition coefficient (Wildman–Crippen LogP) is 3.47. The lowest BCUT2D eigenvalue weighted by Gasteiger charge is -2.25. The van der Waals surface area contributed by atoms with Gasteiger partial charge in [0.25, 0.3) is 0 Å². The topological polar surface area (TPSA) is 83.7 Å². The first kappa shape index (κ1) is 19.7. The fourth-order valence-corrected chi connectivity index (χ4v) is 3.46. The minimum atomic E-state index is -0.0522. The van der Waals surface area contributed by atoms with Crippen LogP contribution in [0.1, 0.15) is 50.7 Å². The van der Waals surface area contributed by atoms with Gasteiger partial charge in [-0.25, -0.2) is 4.79 Å². The molecule has 0 bridgehead atoms. The van der Waals surface area contributed by atoms with Crippen LogP contribution in [0.25, 0.3) is 0 Å². The smallest absolute Gasteiger partial charge is 0.321 e. The summed E-state index contributed by atoms with van der Waals surface area (Å²) in [7, 11) is 0. The Morgan fingerprint density at radius 2 is 2.00 bits per heavy atom. The molecular formula is C21H29N5O3. The van der Waals surface area contributed by atoms with Crippen LogP contribution in [0.2, 0.25) is 0 Å². The van der Waals surface area contributed by atoms with Crippen molar-refractivity contribution in [2.75, 3.05) is 31.5 Å². The molecular weight excluding hydrogens is 370 g/mol. The third kappa shape index (κ3) is 5.26. The van der Waals surface area contributed by atoms with Crippen molar-refractivity contribution in [1.82, 2.24) is 19.9 Å². The van der Waals surface area contributed by atoms with Crippen molar-refractivity contribution in [2.24, 2.45) is 0 Å². The molecule has 2 heterocycles. The lowest BCUT2D eigenvalue weighted by Crippen LogP contribution is -2.39. The Kier molecular flexibility index (Phi) is 5.99. The number of nitrogens with zero attached hydrogens (tertiary/aromatic N) is 4. The fraction of sp³-hybridized carbons (Fsp3) is 0.571. The molecule has 1 aliphatic carbocycles. The highest BCUT2D eigenvalue weighted by atomic mass is 16.5. The van der Waals surface area contributed by atoms with Crippen LogP contribution in [0.4, 0.5) is 10.5 Å². The summed E-state index contributed by atoms with van der Waals surface area (Å²) in [6.45, 7) is 8.14. The highest BCUT2D eigenvalue weighted by Crippen LogP contribution is 2.38. The Labute approximate surface area is 171 Å². The van der Waals surface area contributed by atoms with Crippen LogP contribution in [-0.2, 0) is 6.61 Å². The number of hydrogen-bond donors (Lipinski definition) is 1. The molecule has 2 amide bonds. The lowest BCUT2D eigenvalue weighted by molar-refractivity contribution is 0.205. The van der Waals surface area contributed by atoms with E-state index in [1.54, 1.807) is 0 Å². The van der Waals surface area contributed by atoms with E-state index in [1.807, 2.05) is 29.2 Å². The van der Waals surface area contributed by atoms with Crippen molar-refractivity contribution in [3.05, 3.63) is 36.0 Å². The van der Waals surface area contributed by atoms with E-state index >= 15 is 0 Å². The third-order valence-corrected chi connectivity index (χ3v) is 5.43. The summed E-state index contributed by atoms with van der Waals surface area (Å²) >= 11 is 0. The van der Waals surface area contributed by atoms with Gasteiger partial charge in [-0.05, 0) is 57.4 Å². The molecule has 1 aromatic heterocycles. The first-order valence-electron chi connectivity index (χ1n) is 10.4. The van der Waals surface area contributed by atoms with Crippen LogP contribution < -0.4 is 10.1 Å². The number of nitrogens with one attached hydrogen (secondary N) is 1. The van der Waals surface area contributed by atoms with Gasteiger partial charge in [0.15, 0.2) is 6.61 Å². The standard InChI is InChI=1S/C21H29N5O3/c1-15(2)25-10-3-11-26(13-12-25)21(27)22-17-6-8-18(9-7-17)28-14-19-23-20(29-24-19)16-4-5-16/h6-9,15-16H,3-5,10-14H2,1-2H3,(H,22,27). The number of benzene rings is 1. The highest BCUT2D eigenvalue weighted by molar-refractivity contribution is 5.89. The monoisotopic (exact) mass is 399 g/mol. The molecule has 156 valence electrons. The van der Waals surface area contributed by atoms with Crippen LogP contribution >= 0.6 is 0 Å². The van der Waals surface area contributed by atoms with Gasteiger partial charge in [-0.2, -0.15) is 4.98 Å². The molecule has 2 aromatic rings. The fourth-order valence-electron chi connectivity index (χ4n) is 3.46. The van der Waals surface area contributed by atoms with E-state index in [4.69, 9.17) is 9.26 Å². The summed E-state index contributed by atoms with van der Waals surface area (Å²) in [4.78, 5) is 21.2. The first-order chi connectivity index (χ1) is 14.1. The number of urea groups is 1. The van der Waals surface area contributed by atoms with E-state index < -0.39 is 0 Å². The van der Waals surface area contributed by atoms with Gasteiger partial charge in [0.2, 0.25) is 11.7 Å². The van der Waals surface area contributed by atoms with E-state index in [0.29, 0.717) is 29.4 Å². The van der Waals surface area contributed by atoms with Crippen LogP contribution in [-0.4, -0.2) is 58.2 Å². The summed E-state index contributed by atoms with van der Waals surface area (Å²) < 4.78 is 10.9. The summed E-state index contributed by atoms with van der Waals surface area (Å²) in [6, 6.07) is 7.82. The normalized spacial score (nSPS) is 18.0. The zero-order valence-corrected chi connectivity index (χ0v) is 17.1. The van der Waals surface area contributed by atoms with E-state index in [2.05, 4.69) is 34.2 Å². The lowest BCUT2D eigenvalue weighted by atomic mass is 10.3. The first-order valence-corrected chi connectivity index (χ1v) is 10.4. The van der Waals surface area contributed by atoms with Crippen molar-refractivity contribution >= 4 is 11.7 Å². The van der Waals surface area contributed by atoms with Gasteiger partial charge in [0.1, 0.15) is 5.75 Å². The molecule has 29 heavy (non-hydrogen) atoms. The Balaban J connectivity index is 1.25. The molecule has 0 unspecified atom stereocenters. The Morgan fingerprint density at radius 1 is 1.21 bits per heavy atom. The molecule has 2 fully saturated rings. The molecule has 1 aliphatic heterocycles. The molecule has 8 heteroatoms. The number of carbonyl (C=O) groups is 1. The van der Waals surface area contributed by atoms with Crippen molar-refractivity contribution in [3.63, 3.8) is 0 Å². The number of anilines is 1. The average Bonchev–Trinajstić information content (AvgIpc) is 3.50. The largest absolute Gasteiger partial charge is 0.485 e. The molecule has 1 aromatic carbocycles. The van der Waals surface area contributed by atoms with Gasteiger partial charge < -0.3 is 19.5 Å². The van der Waals surface area contributed by atoms with Crippen LogP contribution in [0, 0.1) is 0 Å². The van der Waals surface area contributed by atoms with Crippen molar-refractivity contribution < 1.29 is 14.1 Å². The SMILES string of the molecule is CC(C)N1CCCN(C(=O)Nc2ccc(OCc3noc(C4CC4)n3)cc2)CC1. The van der Waals surface area contributed by atoms with Gasteiger partial charge >= 0.3 is 6.03 Å². The average molecular weight is 399 g/mol. The van der Waals surface area contributed by atoms with Gasteiger partial charge in [-0.1, -0.05) is 5.16 Å². The van der Waals surface area contributed by atoms with E-state index in [9.17, 15) is 4.79 Å². The number of ether oxygens (including phenoxy) is 1. The van der Waals surface area contributed by atoms with E-state index in [1.165, 1.54) is 0 Å². The maximum absolute atomic E-state index is 12.6. The number of hydrogen-bond acceptors (Lipinski definition) is 6. The number of aromatic nitrogens is 2. The number of carbonyl (C=O) groups excluding carboxylic acids is 1. The van der Waals surface area contributed by atoms with E-state index in [0.717, 1.165) is 51.1 Å². The van der Waals surface area contributed by atoms with E-state index in [-0.39, 0.29) is 12.6 Å². The van der Waals surface area contributed by atoms with Crippen molar-refractivity contribution in [2.45, 2.75) is 51.7 Å². The van der Waals surface area contributed by atoms with Crippen LogP contribution in [0.3, 0.4) is 0 Å². The molecule has 4 rings (SSSR count). The zero-order valence-electron chi connectivity index (χ0n) is 17.1. The quantitative estimate of drug-likeness (QED) is 0.801. The van der Waals surface area contributed by atoms with Gasteiger partial charge in [0.05, 0.1) is 0 Å². The van der Waals surface area contributed by atoms with Crippen LogP contribution in [0.15, 0.2) is 28.8 Å². The minimum Gasteiger partial charge on any atom is -0.485 e. The van der Waals surface area contributed by atoms with Crippen molar-refractivity contribution in [1.29, 1.82) is 0 Å². The molecule has 8 nitrogen and oxygen atoms in total. The number of amides is 2. The maximum Gasteiger partial charge on any atom is 0.321 e. The third-order valence-electron chi connectivity index (χ3n) is 5.43. The van der Waals surface area contributed by atoms with Crippen LogP contribution in [0.5, 0.6) is 5.75 Å². The second kappa shape index (κ2) is 8.82. The molecule has 0 spiro atoms.